The highest BCUT2D eigenvalue weighted by atomic mass is 16.7. The second-order valence-corrected chi connectivity index (χ2v) is 2.72. The predicted molar refractivity (Wildman–Crippen MR) is 36.0 cm³/mol. The molecule has 0 bridgehead atoms. The van der Waals surface area contributed by atoms with Crippen LogP contribution in [0.25, 0.3) is 0 Å². The molecule has 12 heavy (non-hydrogen) atoms. The van der Waals surface area contributed by atoms with Gasteiger partial charge < -0.3 is 30.3 Å². The van der Waals surface area contributed by atoms with Crippen molar-refractivity contribution in [3.8, 4) is 0 Å². The van der Waals surface area contributed by atoms with Crippen molar-refractivity contribution in [2.75, 3.05) is 6.61 Å². The van der Waals surface area contributed by atoms with E-state index in [1.54, 1.807) is 0 Å². The number of hydrogen-bond donors (Lipinski definition) is 5. The molecule has 0 aromatic rings. The van der Waals surface area contributed by atoms with Crippen LogP contribution in [0.2, 0.25) is 0 Å². The Hall–Kier alpha value is -0.240. The normalized spacial score (nSPS) is 49.2. The smallest absolute Gasteiger partial charge is 0.184 e. The second kappa shape index (κ2) is 3.65. The summed E-state index contributed by atoms with van der Waals surface area (Å²) < 4.78 is 4.58. The molecule has 0 aromatic carbocycles. The largest absolute Gasteiger partial charge is 0.394 e. The minimum atomic E-state index is -1.57. The molecule has 0 saturated carbocycles. The summed E-state index contributed by atoms with van der Waals surface area (Å²) in [6.07, 6.45) is -7.04. The quantitative estimate of drug-likeness (QED) is 0.273. The van der Waals surface area contributed by atoms with E-state index in [1.807, 2.05) is 0 Å². The predicted octanol–water partition coefficient (Wildman–Crippen LogP) is -3.22. The fourth-order valence-corrected chi connectivity index (χ4v) is 1.08. The number of ether oxygens (including phenoxy) is 1. The first-order chi connectivity index (χ1) is 5.57. The van der Waals surface area contributed by atoms with Crippen LogP contribution < -0.4 is 0 Å². The van der Waals surface area contributed by atoms with Gasteiger partial charge in [-0.15, -0.1) is 0 Å². The molecule has 1 rings (SSSR count). The van der Waals surface area contributed by atoms with Gasteiger partial charge in [0.2, 0.25) is 0 Å². The highest BCUT2D eigenvalue weighted by Gasteiger charge is 2.42. The molecule has 1 fully saturated rings. The fraction of sp³-hybridized carbons (Fsp3) is 1.00. The van der Waals surface area contributed by atoms with E-state index >= 15 is 0 Å². The summed E-state index contributed by atoms with van der Waals surface area (Å²) in [6.45, 7) is -0.526. The van der Waals surface area contributed by atoms with Crippen molar-refractivity contribution in [2.45, 2.75) is 30.7 Å². The highest BCUT2D eigenvalue weighted by molar-refractivity contribution is 4.87. The molecule has 0 radical (unpaired) electrons. The van der Waals surface area contributed by atoms with Gasteiger partial charge in [0.05, 0.1) is 6.61 Å². The van der Waals surface area contributed by atoms with Crippen molar-refractivity contribution in [1.29, 1.82) is 0 Å². The third kappa shape index (κ3) is 1.58. The van der Waals surface area contributed by atoms with Crippen molar-refractivity contribution in [2.24, 2.45) is 0 Å². The summed E-state index contributed by atoms with van der Waals surface area (Å²) in [5.74, 6) is 0. The van der Waals surface area contributed by atoms with Crippen LogP contribution in [-0.2, 0) is 4.74 Å². The molecule has 1 heterocycles. The Bertz CT molecular complexity index is 146. The first-order valence-corrected chi connectivity index (χ1v) is 3.56. The van der Waals surface area contributed by atoms with E-state index in [0.29, 0.717) is 0 Å². The molecule has 1 aliphatic rings. The zero-order chi connectivity index (χ0) is 9.30. The van der Waals surface area contributed by atoms with E-state index in [-0.39, 0.29) is 0 Å². The summed E-state index contributed by atoms with van der Waals surface area (Å²) in [4.78, 5) is 0. The average molecular weight is 182 g/mol. The van der Waals surface area contributed by atoms with Crippen LogP contribution in [0.5, 0.6) is 0 Å². The van der Waals surface area contributed by atoms with Crippen LogP contribution in [0.1, 0.15) is 0 Å². The van der Waals surface area contributed by atoms with Gasteiger partial charge in [-0.2, -0.15) is 0 Å². The van der Waals surface area contributed by atoms with Crippen LogP contribution in [0.4, 0.5) is 0 Å². The summed E-state index contributed by atoms with van der Waals surface area (Å²) in [6, 6.07) is 0. The van der Waals surface area contributed by atoms with E-state index in [9.17, 15) is 0 Å². The van der Waals surface area contributed by atoms with Gasteiger partial charge in [0, 0.05) is 0 Å². The second-order valence-electron chi connectivity index (χ2n) is 2.72. The lowest BCUT2D eigenvalue weighted by atomic mass is 10.1. The summed E-state index contributed by atoms with van der Waals surface area (Å²) in [5.41, 5.74) is 0. The Morgan fingerprint density at radius 3 is 2.00 bits per heavy atom. The van der Waals surface area contributed by atoms with Crippen molar-refractivity contribution in [3.05, 3.63) is 0 Å². The van der Waals surface area contributed by atoms with Gasteiger partial charge in [-0.3, -0.25) is 0 Å². The Morgan fingerprint density at radius 2 is 1.50 bits per heavy atom. The molecule has 6 nitrogen and oxygen atoms in total. The molecule has 0 unspecified atom stereocenters. The van der Waals surface area contributed by atoms with Crippen molar-refractivity contribution >= 4 is 0 Å². The topological polar surface area (TPSA) is 110 Å². The van der Waals surface area contributed by atoms with E-state index in [0.717, 1.165) is 0 Å². The molecule has 1 aliphatic heterocycles. The zero-order valence-corrected chi connectivity index (χ0v) is 6.24. The van der Waals surface area contributed by atoms with Crippen molar-refractivity contribution in [3.63, 3.8) is 0 Å². The Balaban J connectivity index is 2.63. The molecule has 5 atom stereocenters. The van der Waals surface area contributed by atoms with E-state index < -0.39 is 37.3 Å². The Kier molecular flexibility index (Phi) is 2.99. The molecule has 0 spiro atoms. The molecule has 6 heteroatoms. The molecule has 5 N–H and O–H groups in total. The standard InChI is InChI=1S/C6H12O6/c7-1-2-3(8)4(9)5(10)6(11)12-2/h2-11H,1H2/t2-,3-,4+,5-,6+/m1/s1/i1+1,6+1. The minimum absolute atomic E-state index is 0.526. The third-order valence-corrected chi connectivity index (χ3v) is 1.87. The summed E-state index contributed by atoms with van der Waals surface area (Å²) in [5, 5.41) is 44.7. The van der Waals surface area contributed by atoms with Gasteiger partial charge in [-0.25, -0.2) is 0 Å². The Labute approximate surface area is 68.6 Å². The maximum Gasteiger partial charge on any atom is 0.184 e. The monoisotopic (exact) mass is 182 g/mol. The highest BCUT2D eigenvalue weighted by Crippen LogP contribution is 2.18. The summed E-state index contributed by atoms with van der Waals surface area (Å²) in [7, 11) is 0. The molecule has 0 aromatic heterocycles. The van der Waals surface area contributed by atoms with Crippen LogP contribution >= 0.6 is 0 Å². The Morgan fingerprint density at radius 1 is 0.917 bits per heavy atom. The first-order valence-electron chi connectivity index (χ1n) is 3.56. The van der Waals surface area contributed by atoms with Crippen LogP contribution in [0.15, 0.2) is 0 Å². The van der Waals surface area contributed by atoms with Gasteiger partial charge in [0.25, 0.3) is 0 Å². The van der Waals surface area contributed by atoms with Crippen LogP contribution in [0, 0.1) is 0 Å². The maximum atomic E-state index is 9.12. The van der Waals surface area contributed by atoms with E-state index in [2.05, 4.69) is 4.74 Å². The third-order valence-electron chi connectivity index (χ3n) is 1.87. The van der Waals surface area contributed by atoms with Crippen LogP contribution in [0.3, 0.4) is 0 Å². The SMILES string of the molecule is O[13CH2][C@H]1O[13C@H](O)[C@H](O)[C@@H](O)[C@@H]1O. The molecule has 0 aliphatic carbocycles. The number of rotatable bonds is 1. The van der Waals surface area contributed by atoms with Crippen molar-refractivity contribution < 1.29 is 30.3 Å². The van der Waals surface area contributed by atoms with Crippen LogP contribution in [-0.4, -0.2) is 62.8 Å². The first kappa shape index (κ1) is 9.85. The van der Waals surface area contributed by atoms with Gasteiger partial charge in [0.15, 0.2) is 6.29 Å². The molecule has 72 valence electrons. The van der Waals surface area contributed by atoms with Gasteiger partial charge >= 0.3 is 0 Å². The van der Waals surface area contributed by atoms with Gasteiger partial charge in [0.1, 0.15) is 24.4 Å². The minimum Gasteiger partial charge on any atom is -0.394 e. The number of hydrogen-bond acceptors (Lipinski definition) is 6. The van der Waals surface area contributed by atoms with E-state index in [1.165, 1.54) is 0 Å². The summed E-state index contributed by atoms with van der Waals surface area (Å²) >= 11 is 0. The molecule has 1 saturated heterocycles. The van der Waals surface area contributed by atoms with E-state index in [4.69, 9.17) is 25.5 Å². The lowest BCUT2D eigenvalue weighted by molar-refractivity contribution is -0.286. The molecule has 0 amide bonds. The van der Waals surface area contributed by atoms with Gasteiger partial charge in [-0.1, -0.05) is 0 Å². The molecular weight excluding hydrogens is 170 g/mol. The lowest BCUT2D eigenvalue weighted by Gasteiger charge is -2.37. The van der Waals surface area contributed by atoms with Crippen molar-refractivity contribution in [1.82, 2.24) is 0 Å². The fourth-order valence-electron chi connectivity index (χ4n) is 1.08. The number of aliphatic hydroxyl groups is 5. The number of aliphatic hydroxyl groups excluding tert-OH is 5. The maximum absolute atomic E-state index is 9.12. The average Bonchev–Trinajstić information content (AvgIpc) is 2.08. The van der Waals surface area contributed by atoms with Gasteiger partial charge in [-0.05, 0) is 0 Å². The zero-order valence-electron chi connectivity index (χ0n) is 6.24. The molecular formula is C6H12O6. The lowest BCUT2D eigenvalue weighted by Crippen LogP contribution is -2.58.